The van der Waals surface area contributed by atoms with Crippen LogP contribution in [0.4, 0.5) is 13.2 Å². The SMILES string of the molecule is CC1CCC(C(O)c2ccc(C(F)(F)F)nc2Cl)O1. The van der Waals surface area contributed by atoms with Gasteiger partial charge in [0.05, 0.1) is 12.2 Å². The van der Waals surface area contributed by atoms with E-state index in [-0.39, 0.29) is 16.8 Å². The smallest absolute Gasteiger partial charge is 0.386 e. The first kappa shape index (κ1) is 14.6. The van der Waals surface area contributed by atoms with Crippen molar-refractivity contribution in [2.75, 3.05) is 0 Å². The summed E-state index contributed by atoms with van der Waals surface area (Å²) >= 11 is 5.72. The molecule has 0 amide bonds. The fourth-order valence-corrected chi connectivity index (χ4v) is 2.36. The van der Waals surface area contributed by atoms with Crippen LogP contribution in [0.2, 0.25) is 5.15 Å². The van der Waals surface area contributed by atoms with E-state index in [0.29, 0.717) is 6.42 Å². The van der Waals surface area contributed by atoms with Gasteiger partial charge in [-0.3, -0.25) is 0 Å². The third-order valence-corrected chi connectivity index (χ3v) is 3.41. The van der Waals surface area contributed by atoms with Crippen LogP contribution in [0.15, 0.2) is 12.1 Å². The standard InChI is InChI=1S/C12H13ClF3NO2/c1-6-2-4-8(19-6)10(18)7-3-5-9(12(14,15)16)17-11(7)13/h3,5-6,8,10,18H,2,4H2,1H3. The summed E-state index contributed by atoms with van der Waals surface area (Å²) in [7, 11) is 0. The molecule has 1 aliphatic heterocycles. The van der Waals surface area contributed by atoms with Crippen LogP contribution in [0.3, 0.4) is 0 Å². The van der Waals surface area contributed by atoms with Crippen LogP contribution >= 0.6 is 11.6 Å². The summed E-state index contributed by atoms with van der Waals surface area (Å²) in [5.41, 5.74) is -0.914. The lowest BCUT2D eigenvalue weighted by molar-refractivity contribution is -0.141. The van der Waals surface area contributed by atoms with E-state index in [1.54, 1.807) is 0 Å². The molecule has 1 N–H and O–H groups in total. The third kappa shape index (κ3) is 3.19. The van der Waals surface area contributed by atoms with E-state index in [1.165, 1.54) is 0 Å². The topological polar surface area (TPSA) is 42.4 Å². The summed E-state index contributed by atoms with van der Waals surface area (Å²) in [6.45, 7) is 1.87. The van der Waals surface area contributed by atoms with E-state index < -0.39 is 24.1 Å². The van der Waals surface area contributed by atoms with Crippen molar-refractivity contribution in [2.24, 2.45) is 0 Å². The largest absolute Gasteiger partial charge is 0.433 e. The number of hydrogen-bond acceptors (Lipinski definition) is 3. The predicted molar refractivity (Wildman–Crippen MR) is 62.8 cm³/mol. The number of ether oxygens (including phenoxy) is 1. The second-order valence-corrected chi connectivity index (χ2v) is 4.94. The molecule has 2 rings (SSSR count). The van der Waals surface area contributed by atoms with Crippen molar-refractivity contribution in [1.29, 1.82) is 0 Å². The monoisotopic (exact) mass is 295 g/mol. The number of aliphatic hydroxyl groups excluding tert-OH is 1. The van der Waals surface area contributed by atoms with Gasteiger partial charge in [-0.1, -0.05) is 17.7 Å². The van der Waals surface area contributed by atoms with E-state index >= 15 is 0 Å². The molecule has 0 radical (unpaired) electrons. The minimum absolute atomic E-state index is 0.0285. The quantitative estimate of drug-likeness (QED) is 0.851. The lowest BCUT2D eigenvalue weighted by atomic mass is 10.0. The zero-order chi connectivity index (χ0) is 14.2. The molecule has 1 aromatic heterocycles. The highest BCUT2D eigenvalue weighted by atomic mass is 35.5. The number of halogens is 4. The molecule has 0 bridgehead atoms. The van der Waals surface area contributed by atoms with Crippen LogP contribution in [-0.4, -0.2) is 22.3 Å². The van der Waals surface area contributed by atoms with Crippen LogP contribution in [0.5, 0.6) is 0 Å². The van der Waals surface area contributed by atoms with E-state index in [2.05, 4.69) is 4.98 Å². The van der Waals surface area contributed by atoms with Crippen LogP contribution in [-0.2, 0) is 10.9 Å². The first-order chi connectivity index (χ1) is 8.79. The predicted octanol–water partition coefficient (Wildman–Crippen LogP) is 3.35. The lowest BCUT2D eigenvalue weighted by Crippen LogP contribution is -2.20. The highest BCUT2D eigenvalue weighted by Crippen LogP contribution is 2.35. The van der Waals surface area contributed by atoms with Crippen molar-refractivity contribution in [3.8, 4) is 0 Å². The van der Waals surface area contributed by atoms with Crippen LogP contribution < -0.4 is 0 Å². The molecule has 0 saturated carbocycles. The summed E-state index contributed by atoms with van der Waals surface area (Å²) in [6, 6.07) is 1.96. The van der Waals surface area contributed by atoms with Gasteiger partial charge in [-0.25, -0.2) is 4.98 Å². The Morgan fingerprint density at radius 3 is 2.58 bits per heavy atom. The van der Waals surface area contributed by atoms with Gasteiger partial charge in [-0.05, 0) is 25.8 Å². The van der Waals surface area contributed by atoms with E-state index in [4.69, 9.17) is 16.3 Å². The van der Waals surface area contributed by atoms with E-state index in [9.17, 15) is 18.3 Å². The Labute approximate surface area is 113 Å². The normalized spacial score (nSPS) is 25.6. The average Bonchev–Trinajstić information content (AvgIpc) is 2.73. The molecule has 3 unspecified atom stereocenters. The Morgan fingerprint density at radius 2 is 2.11 bits per heavy atom. The van der Waals surface area contributed by atoms with Crippen molar-refractivity contribution < 1.29 is 23.0 Å². The summed E-state index contributed by atoms with van der Waals surface area (Å²) in [6.07, 6.45) is -4.60. The minimum Gasteiger partial charge on any atom is -0.386 e. The molecular weight excluding hydrogens is 283 g/mol. The van der Waals surface area contributed by atoms with Gasteiger partial charge in [0.25, 0.3) is 0 Å². The number of aromatic nitrogens is 1. The van der Waals surface area contributed by atoms with Crippen molar-refractivity contribution in [3.63, 3.8) is 0 Å². The van der Waals surface area contributed by atoms with E-state index in [1.807, 2.05) is 6.92 Å². The fraction of sp³-hybridized carbons (Fsp3) is 0.583. The van der Waals surface area contributed by atoms with Crippen LogP contribution in [0.25, 0.3) is 0 Å². The van der Waals surface area contributed by atoms with Crippen LogP contribution in [0, 0.1) is 0 Å². The average molecular weight is 296 g/mol. The van der Waals surface area contributed by atoms with Gasteiger partial charge in [0.15, 0.2) is 0 Å². The van der Waals surface area contributed by atoms with Gasteiger partial charge < -0.3 is 9.84 Å². The van der Waals surface area contributed by atoms with E-state index in [0.717, 1.165) is 18.6 Å². The number of nitrogens with zero attached hydrogens (tertiary/aromatic N) is 1. The molecule has 3 atom stereocenters. The second kappa shape index (κ2) is 5.26. The zero-order valence-electron chi connectivity index (χ0n) is 10.1. The fourth-order valence-electron chi connectivity index (χ4n) is 2.09. The Balaban J connectivity index is 2.21. The van der Waals surface area contributed by atoms with Crippen LogP contribution in [0.1, 0.15) is 37.1 Å². The van der Waals surface area contributed by atoms with Gasteiger partial charge in [-0.15, -0.1) is 0 Å². The number of alkyl halides is 3. The van der Waals surface area contributed by atoms with Crippen molar-refractivity contribution in [1.82, 2.24) is 4.98 Å². The molecule has 1 aromatic rings. The first-order valence-electron chi connectivity index (χ1n) is 5.86. The summed E-state index contributed by atoms with van der Waals surface area (Å²) < 4.78 is 42.8. The zero-order valence-corrected chi connectivity index (χ0v) is 10.9. The van der Waals surface area contributed by atoms with Gasteiger partial charge in [0, 0.05) is 5.56 Å². The van der Waals surface area contributed by atoms with Gasteiger partial charge in [0.1, 0.15) is 17.0 Å². The minimum atomic E-state index is -4.55. The summed E-state index contributed by atoms with van der Waals surface area (Å²) in [5, 5.41) is 9.74. The Hall–Kier alpha value is -0.850. The highest BCUT2D eigenvalue weighted by molar-refractivity contribution is 6.30. The maximum absolute atomic E-state index is 12.4. The molecule has 106 valence electrons. The molecule has 7 heteroatoms. The Bertz CT molecular complexity index is 467. The first-order valence-corrected chi connectivity index (χ1v) is 6.24. The Kier molecular flexibility index (Phi) is 4.03. The maximum atomic E-state index is 12.4. The van der Waals surface area contributed by atoms with Gasteiger partial charge in [0.2, 0.25) is 0 Å². The molecule has 0 aromatic carbocycles. The summed E-state index contributed by atoms with van der Waals surface area (Å²) in [4.78, 5) is 3.28. The summed E-state index contributed by atoms with van der Waals surface area (Å²) in [5.74, 6) is 0. The molecule has 1 saturated heterocycles. The molecule has 0 spiro atoms. The third-order valence-electron chi connectivity index (χ3n) is 3.10. The van der Waals surface area contributed by atoms with Gasteiger partial charge >= 0.3 is 6.18 Å². The highest BCUT2D eigenvalue weighted by Gasteiger charge is 2.35. The van der Waals surface area contributed by atoms with Gasteiger partial charge in [-0.2, -0.15) is 13.2 Å². The van der Waals surface area contributed by atoms with Crippen molar-refractivity contribution in [3.05, 3.63) is 28.5 Å². The second-order valence-electron chi connectivity index (χ2n) is 4.58. The number of hydrogen-bond donors (Lipinski definition) is 1. The molecule has 2 heterocycles. The number of aliphatic hydroxyl groups is 1. The number of pyridine rings is 1. The number of rotatable bonds is 2. The molecule has 1 fully saturated rings. The molecule has 19 heavy (non-hydrogen) atoms. The lowest BCUT2D eigenvalue weighted by Gasteiger charge is -2.20. The molecule has 3 nitrogen and oxygen atoms in total. The molecule has 0 aliphatic carbocycles. The Morgan fingerprint density at radius 1 is 1.42 bits per heavy atom. The van der Waals surface area contributed by atoms with Crippen molar-refractivity contribution >= 4 is 11.6 Å². The maximum Gasteiger partial charge on any atom is 0.433 e. The molecule has 1 aliphatic rings. The molecular formula is C12H13ClF3NO2. The van der Waals surface area contributed by atoms with Crippen molar-refractivity contribution in [2.45, 2.75) is 44.3 Å².